The summed E-state index contributed by atoms with van der Waals surface area (Å²) < 4.78 is 6.17. The standard InChI is InChI=1S/C31H26N2O5/c1-18-19(2)30(32(28(18)34)23-14-12-21(13-15-23)20-8-4-3-5-9-20)38-17-26-25-16-22-10-6-7-11-24(22)27(25)33(29(26)35)31(36)37/h3-15,17,25,27,30H,16H2,1-2H3,(H,36,37)/b26-17+. The van der Waals surface area contributed by atoms with Crippen molar-refractivity contribution in [2.75, 3.05) is 4.90 Å². The Balaban J connectivity index is 1.31. The third-order valence-corrected chi connectivity index (χ3v) is 7.86. The van der Waals surface area contributed by atoms with Crippen molar-refractivity contribution in [3.63, 3.8) is 0 Å². The first-order chi connectivity index (χ1) is 18.4. The van der Waals surface area contributed by atoms with Gasteiger partial charge in [0.15, 0.2) is 0 Å². The number of likely N-dealkylation sites (tertiary alicyclic amines) is 1. The molecule has 0 radical (unpaired) electrons. The lowest BCUT2D eigenvalue weighted by Crippen LogP contribution is -2.36. The Bertz CT molecular complexity index is 1520. The maximum atomic E-state index is 13.2. The Labute approximate surface area is 220 Å². The minimum Gasteiger partial charge on any atom is -0.473 e. The van der Waals surface area contributed by atoms with E-state index in [1.165, 1.54) is 6.26 Å². The number of carboxylic acid groups (broad SMARTS) is 1. The van der Waals surface area contributed by atoms with E-state index in [4.69, 9.17) is 4.74 Å². The van der Waals surface area contributed by atoms with E-state index in [1.54, 1.807) is 11.8 Å². The monoisotopic (exact) mass is 506 g/mol. The van der Waals surface area contributed by atoms with Crippen LogP contribution in [-0.2, 0) is 20.7 Å². The number of rotatable bonds is 4. The Morgan fingerprint density at radius 2 is 1.55 bits per heavy atom. The molecule has 0 bridgehead atoms. The van der Waals surface area contributed by atoms with Gasteiger partial charge in [-0.25, -0.2) is 9.69 Å². The van der Waals surface area contributed by atoms with Gasteiger partial charge in [0.05, 0.1) is 17.9 Å². The van der Waals surface area contributed by atoms with Crippen molar-refractivity contribution in [3.05, 3.63) is 113 Å². The van der Waals surface area contributed by atoms with Gasteiger partial charge in [-0.2, -0.15) is 0 Å². The molecule has 2 heterocycles. The Kier molecular flexibility index (Phi) is 5.64. The van der Waals surface area contributed by atoms with Crippen LogP contribution in [-0.4, -0.2) is 34.1 Å². The largest absolute Gasteiger partial charge is 0.473 e. The van der Waals surface area contributed by atoms with Crippen LogP contribution in [0.4, 0.5) is 10.5 Å². The third-order valence-electron chi connectivity index (χ3n) is 7.86. The zero-order valence-corrected chi connectivity index (χ0v) is 21.0. The van der Waals surface area contributed by atoms with E-state index in [1.807, 2.05) is 85.8 Å². The Hall–Kier alpha value is -4.65. The number of benzene rings is 3. The van der Waals surface area contributed by atoms with E-state index in [0.29, 0.717) is 23.3 Å². The molecule has 1 aliphatic carbocycles. The molecule has 190 valence electrons. The van der Waals surface area contributed by atoms with Crippen molar-refractivity contribution in [3.8, 4) is 11.1 Å². The number of carbonyl (C=O) groups excluding carboxylic acids is 2. The second-order valence-electron chi connectivity index (χ2n) is 9.87. The summed E-state index contributed by atoms with van der Waals surface area (Å²) in [5.74, 6) is -1.09. The smallest absolute Gasteiger partial charge is 0.414 e. The number of imide groups is 1. The molecule has 38 heavy (non-hydrogen) atoms. The highest BCUT2D eigenvalue weighted by molar-refractivity contribution is 6.09. The predicted octanol–water partition coefficient (Wildman–Crippen LogP) is 5.70. The maximum Gasteiger partial charge on any atom is 0.414 e. The zero-order chi connectivity index (χ0) is 26.6. The number of carbonyl (C=O) groups is 3. The molecular formula is C31H26N2O5. The number of fused-ring (bicyclic) bond motifs is 3. The summed E-state index contributed by atoms with van der Waals surface area (Å²) in [5, 5.41) is 9.84. The van der Waals surface area contributed by atoms with E-state index >= 15 is 0 Å². The SMILES string of the molecule is CC1=C(C)C(O/C=C2/C(=O)N(C(=O)O)C3c4ccccc4CC23)N(c2ccc(-c3ccccc3)cc2)C1=O. The van der Waals surface area contributed by atoms with Gasteiger partial charge in [0, 0.05) is 17.2 Å². The number of nitrogens with zero attached hydrogens (tertiary/aromatic N) is 2. The highest BCUT2D eigenvalue weighted by Crippen LogP contribution is 2.49. The number of hydrogen-bond acceptors (Lipinski definition) is 4. The minimum absolute atomic E-state index is 0.172. The normalized spacial score (nSPS) is 23.3. The third kappa shape index (κ3) is 3.62. The molecule has 7 heteroatoms. The Morgan fingerprint density at radius 1 is 0.895 bits per heavy atom. The number of amides is 3. The van der Waals surface area contributed by atoms with Crippen LogP contribution in [0, 0.1) is 5.92 Å². The average Bonchev–Trinajstić information content (AvgIpc) is 3.50. The highest BCUT2D eigenvalue weighted by atomic mass is 16.5. The lowest BCUT2D eigenvalue weighted by Gasteiger charge is -2.26. The van der Waals surface area contributed by atoms with Crippen LogP contribution in [0.25, 0.3) is 11.1 Å². The predicted molar refractivity (Wildman–Crippen MR) is 142 cm³/mol. The van der Waals surface area contributed by atoms with E-state index < -0.39 is 24.3 Å². The van der Waals surface area contributed by atoms with Gasteiger partial charge in [0.2, 0.25) is 6.23 Å². The van der Waals surface area contributed by atoms with E-state index in [-0.39, 0.29) is 11.8 Å². The van der Waals surface area contributed by atoms with Gasteiger partial charge in [-0.3, -0.25) is 14.5 Å². The van der Waals surface area contributed by atoms with Gasteiger partial charge in [-0.15, -0.1) is 0 Å². The minimum atomic E-state index is -1.28. The van der Waals surface area contributed by atoms with Crippen LogP contribution in [0.3, 0.4) is 0 Å². The van der Waals surface area contributed by atoms with Crippen LogP contribution in [0.5, 0.6) is 0 Å². The number of ether oxygens (including phenoxy) is 1. The molecule has 0 saturated carbocycles. The quantitative estimate of drug-likeness (QED) is 0.363. The number of anilines is 1. The zero-order valence-electron chi connectivity index (χ0n) is 21.0. The summed E-state index contributed by atoms with van der Waals surface area (Å²) in [7, 11) is 0. The molecule has 3 aromatic rings. The molecule has 3 atom stereocenters. The molecular weight excluding hydrogens is 480 g/mol. The molecule has 6 rings (SSSR count). The van der Waals surface area contributed by atoms with Crippen LogP contribution in [0.15, 0.2) is 102 Å². The van der Waals surface area contributed by atoms with Gasteiger partial charge < -0.3 is 9.84 Å². The molecule has 3 unspecified atom stereocenters. The van der Waals surface area contributed by atoms with Crippen LogP contribution in [0.2, 0.25) is 0 Å². The molecule has 0 spiro atoms. The van der Waals surface area contributed by atoms with E-state index in [0.717, 1.165) is 32.7 Å². The topological polar surface area (TPSA) is 87.2 Å². The second-order valence-corrected chi connectivity index (χ2v) is 9.87. The lowest BCUT2D eigenvalue weighted by molar-refractivity contribution is -0.124. The molecule has 1 saturated heterocycles. The fraction of sp³-hybridized carbons (Fsp3) is 0.194. The summed E-state index contributed by atoms with van der Waals surface area (Å²) >= 11 is 0. The van der Waals surface area contributed by atoms with Gasteiger partial charge in [0.25, 0.3) is 11.8 Å². The summed E-state index contributed by atoms with van der Waals surface area (Å²) in [6, 6.07) is 24.7. The molecule has 2 aliphatic heterocycles. The fourth-order valence-corrected chi connectivity index (χ4v) is 5.77. The van der Waals surface area contributed by atoms with Gasteiger partial charge in [0.1, 0.15) is 0 Å². The van der Waals surface area contributed by atoms with E-state index in [2.05, 4.69) is 0 Å². The average molecular weight is 507 g/mol. The fourth-order valence-electron chi connectivity index (χ4n) is 5.77. The number of hydrogen-bond donors (Lipinski definition) is 1. The van der Waals surface area contributed by atoms with Crippen molar-refractivity contribution in [1.82, 2.24) is 4.90 Å². The van der Waals surface area contributed by atoms with Crippen LogP contribution >= 0.6 is 0 Å². The van der Waals surface area contributed by atoms with Gasteiger partial charge >= 0.3 is 6.09 Å². The molecule has 3 aromatic carbocycles. The maximum absolute atomic E-state index is 13.2. The first-order valence-electron chi connectivity index (χ1n) is 12.5. The van der Waals surface area contributed by atoms with Gasteiger partial charge in [-0.05, 0) is 60.2 Å². The van der Waals surface area contributed by atoms with Crippen LogP contribution < -0.4 is 4.90 Å². The molecule has 1 N–H and O–H groups in total. The summed E-state index contributed by atoms with van der Waals surface area (Å²) in [4.78, 5) is 41.0. The molecule has 1 fully saturated rings. The van der Waals surface area contributed by atoms with E-state index in [9.17, 15) is 19.5 Å². The summed E-state index contributed by atoms with van der Waals surface area (Å²) in [6.45, 7) is 3.60. The Morgan fingerprint density at radius 3 is 2.26 bits per heavy atom. The van der Waals surface area contributed by atoms with Crippen molar-refractivity contribution >= 4 is 23.6 Å². The molecule has 3 amide bonds. The van der Waals surface area contributed by atoms with Crippen LogP contribution in [0.1, 0.15) is 31.0 Å². The van der Waals surface area contributed by atoms with Crippen molar-refractivity contribution < 1.29 is 24.2 Å². The second kappa shape index (κ2) is 9.03. The van der Waals surface area contributed by atoms with Crippen molar-refractivity contribution in [2.24, 2.45) is 5.92 Å². The molecule has 7 nitrogen and oxygen atoms in total. The summed E-state index contributed by atoms with van der Waals surface area (Å²) in [5.41, 5.74) is 6.27. The van der Waals surface area contributed by atoms with Crippen molar-refractivity contribution in [1.29, 1.82) is 0 Å². The highest BCUT2D eigenvalue weighted by Gasteiger charge is 2.52. The van der Waals surface area contributed by atoms with Gasteiger partial charge in [-0.1, -0.05) is 66.7 Å². The molecule has 3 aliphatic rings. The first-order valence-corrected chi connectivity index (χ1v) is 12.5. The summed E-state index contributed by atoms with van der Waals surface area (Å²) in [6.07, 6.45) is -0.104. The first kappa shape index (κ1) is 23.7. The van der Waals surface area contributed by atoms with Crippen molar-refractivity contribution in [2.45, 2.75) is 32.5 Å². The molecule has 0 aromatic heterocycles. The lowest BCUT2D eigenvalue weighted by atomic mass is 9.97.